The Morgan fingerprint density at radius 2 is 1.59 bits per heavy atom. The van der Waals surface area contributed by atoms with Crippen LogP contribution in [0.15, 0.2) is 60.7 Å². The van der Waals surface area contributed by atoms with Gasteiger partial charge in [-0.25, -0.2) is 0 Å². The molecule has 0 aliphatic rings. The molecule has 3 N–H and O–H groups in total. The number of carbonyl (C=O) groups excluding carboxylic acids is 1. The molecule has 0 spiro atoms. The molecule has 0 radical (unpaired) electrons. The van der Waals surface area contributed by atoms with Gasteiger partial charge in [0, 0.05) is 19.6 Å². The number of carbonyl (C=O) groups is 1. The molecule has 0 heterocycles. The zero-order valence-corrected chi connectivity index (χ0v) is 12.7. The first-order valence-corrected chi connectivity index (χ1v) is 7.34. The zero-order valence-electron chi connectivity index (χ0n) is 12.7. The fourth-order valence-corrected chi connectivity index (χ4v) is 2.34. The minimum absolute atomic E-state index is 0.0812. The molecule has 22 heavy (non-hydrogen) atoms. The summed E-state index contributed by atoms with van der Waals surface area (Å²) in [7, 11) is 1.62. The molecular formula is C18H22N2O2. The van der Waals surface area contributed by atoms with E-state index in [1.165, 1.54) is 0 Å². The molecule has 0 aliphatic carbocycles. The molecule has 4 nitrogen and oxygen atoms in total. The molecule has 2 aromatic rings. The highest BCUT2D eigenvalue weighted by Crippen LogP contribution is 2.16. The molecule has 0 aromatic heterocycles. The summed E-state index contributed by atoms with van der Waals surface area (Å²) in [4.78, 5) is 12.2. The molecule has 0 saturated heterocycles. The maximum absolute atomic E-state index is 12.2. The smallest absolute Gasteiger partial charge is 0.222 e. The Labute approximate surface area is 131 Å². The monoisotopic (exact) mass is 298 g/mol. The van der Waals surface area contributed by atoms with Crippen molar-refractivity contribution in [2.24, 2.45) is 5.73 Å². The predicted octanol–water partition coefficient (Wildman–Crippen LogP) is 2.58. The third-order valence-corrected chi connectivity index (χ3v) is 3.50. The van der Waals surface area contributed by atoms with Crippen LogP contribution >= 0.6 is 0 Å². The number of benzene rings is 2. The topological polar surface area (TPSA) is 64.3 Å². The van der Waals surface area contributed by atoms with E-state index in [2.05, 4.69) is 5.32 Å². The second-order valence-electron chi connectivity index (χ2n) is 5.21. The van der Waals surface area contributed by atoms with Gasteiger partial charge in [-0.3, -0.25) is 4.79 Å². The Hall–Kier alpha value is -2.17. The lowest BCUT2D eigenvalue weighted by Crippen LogP contribution is -2.33. The van der Waals surface area contributed by atoms with Crippen LogP contribution < -0.4 is 11.1 Å². The molecule has 116 valence electrons. The molecule has 2 aromatic carbocycles. The highest BCUT2D eigenvalue weighted by Gasteiger charge is 2.17. The third-order valence-electron chi connectivity index (χ3n) is 3.50. The number of hydrogen-bond donors (Lipinski definition) is 2. The number of ether oxygens (including phenoxy) is 1. The van der Waals surface area contributed by atoms with Crippen LogP contribution in [0.2, 0.25) is 0 Å². The van der Waals surface area contributed by atoms with E-state index >= 15 is 0 Å². The maximum Gasteiger partial charge on any atom is 0.222 e. The van der Waals surface area contributed by atoms with Gasteiger partial charge in [0.1, 0.15) is 0 Å². The summed E-state index contributed by atoms with van der Waals surface area (Å²) >= 11 is 0. The van der Waals surface area contributed by atoms with Crippen LogP contribution in [0.1, 0.15) is 29.6 Å². The maximum atomic E-state index is 12.2. The third kappa shape index (κ3) is 4.69. The fraction of sp³-hybridized carbons (Fsp3) is 0.278. The lowest BCUT2D eigenvalue weighted by atomic mass is 10.0. The van der Waals surface area contributed by atoms with Crippen LogP contribution in [0, 0.1) is 0 Å². The lowest BCUT2D eigenvalue weighted by Gasteiger charge is -2.20. The van der Waals surface area contributed by atoms with Crippen molar-refractivity contribution in [3.63, 3.8) is 0 Å². The van der Waals surface area contributed by atoms with Gasteiger partial charge in [-0.15, -0.1) is 0 Å². The van der Waals surface area contributed by atoms with E-state index in [1.54, 1.807) is 7.11 Å². The summed E-state index contributed by atoms with van der Waals surface area (Å²) in [6.07, 6.45) is 0.247. The van der Waals surface area contributed by atoms with E-state index in [0.29, 0.717) is 6.61 Å². The Kier molecular flexibility index (Phi) is 6.13. The van der Waals surface area contributed by atoms with Crippen molar-refractivity contribution in [3.05, 3.63) is 71.8 Å². The molecular weight excluding hydrogens is 276 g/mol. The first-order chi connectivity index (χ1) is 10.7. The number of nitrogens with two attached hydrogens (primary N) is 1. The Morgan fingerprint density at radius 3 is 2.14 bits per heavy atom. The Bertz CT molecular complexity index is 572. The molecule has 1 unspecified atom stereocenters. The largest absolute Gasteiger partial charge is 0.382 e. The number of hydrogen-bond acceptors (Lipinski definition) is 3. The van der Waals surface area contributed by atoms with E-state index in [9.17, 15) is 4.79 Å². The summed E-state index contributed by atoms with van der Waals surface area (Å²) in [6.45, 7) is 0.427. The van der Waals surface area contributed by atoms with Gasteiger partial charge in [-0.2, -0.15) is 0 Å². The van der Waals surface area contributed by atoms with Gasteiger partial charge in [0.05, 0.1) is 12.6 Å². The van der Waals surface area contributed by atoms with Crippen molar-refractivity contribution in [2.45, 2.75) is 18.5 Å². The van der Waals surface area contributed by atoms with Crippen molar-refractivity contribution in [3.8, 4) is 0 Å². The van der Waals surface area contributed by atoms with Gasteiger partial charge >= 0.3 is 0 Å². The van der Waals surface area contributed by atoms with E-state index in [4.69, 9.17) is 10.5 Å². The van der Waals surface area contributed by atoms with Crippen LogP contribution in [0.25, 0.3) is 0 Å². The lowest BCUT2D eigenvalue weighted by molar-refractivity contribution is -0.122. The van der Waals surface area contributed by atoms with Gasteiger partial charge in [0.2, 0.25) is 5.91 Å². The second-order valence-corrected chi connectivity index (χ2v) is 5.21. The van der Waals surface area contributed by atoms with Crippen molar-refractivity contribution >= 4 is 5.91 Å². The van der Waals surface area contributed by atoms with E-state index in [0.717, 1.165) is 11.1 Å². The molecule has 0 bridgehead atoms. The first kappa shape index (κ1) is 16.2. The van der Waals surface area contributed by atoms with Gasteiger partial charge < -0.3 is 15.8 Å². The van der Waals surface area contributed by atoms with Crippen LogP contribution in [-0.2, 0) is 9.53 Å². The van der Waals surface area contributed by atoms with E-state index < -0.39 is 0 Å². The molecule has 0 aliphatic heterocycles. The Balaban J connectivity index is 1.97. The fourth-order valence-electron chi connectivity index (χ4n) is 2.34. The first-order valence-electron chi connectivity index (χ1n) is 7.34. The van der Waals surface area contributed by atoms with Crippen molar-refractivity contribution < 1.29 is 9.53 Å². The van der Waals surface area contributed by atoms with Crippen molar-refractivity contribution in [1.82, 2.24) is 5.32 Å². The van der Waals surface area contributed by atoms with Crippen LogP contribution in [-0.4, -0.2) is 19.6 Å². The normalized spacial score (nSPS) is 13.4. The second kappa shape index (κ2) is 8.32. The standard InChI is InChI=1S/C18H22N2O2/c1-22-13-17(15-10-6-3-7-11-15)20-18(21)12-16(19)14-8-4-2-5-9-14/h2-11,16-17H,12-13,19H2,1H3,(H,20,21)/t16?,17-/m1/s1. The van der Waals surface area contributed by atoms with Gasteiger partial charge in [0.15, 0.2) is 0 Å². The van der Waals surface area contributed by atoms with Crippen molar-refractivity contribution in [2.75, 3.05) is 13.7 Å². The SMILES string of the molecule is COC[C@@H](NC(=O)CC(N)c1ccccc1)c1ccccc1. The average Bonchev–Trinajstić information content (AvgIpc) is 2.56. The minimum atomic E-state index is -0.305. The molecule has 0 fully saturated rings. The molecule has 2 rings (SSSR count). The molecule has 1 amide bonds. The number of rotatable bonds is 7. The van der Waals surface area contributed by atoms with Gasteiger partial charge in [0.25, 0.3) is 0 Å². The van der Waals surface area contributed by atoms with Crippen LogP contribution in [0.4, 0.5) is 0 Å². The highest BCUT2D eigenvalue weighted by molar-refractivity contribution is 5.77. The summed E-state index contributed by atoms with van der Waals surface area (Å²) < 4.78 is 5.20. The number of methoxy groups -OCH3 is 1. The quantitative estimate of drug-likeness (QED) is 0.826. The average molecular weight is 298 g/mol. The van der Waals surface area contributed by atoms with E-state index in [-0.39, 0.29) is 24.4 Å². The van der Waals surface area contributed by atoms with Crippen molar-refractivity contribution in [1.29, 1.82) is 0 Å². The van der Waals surface area contributed by atoms with Crippen LogP contribution in [0.5, 0.6) is 0 Å². The summed E-state index contributed by atoms with van der Waals surface area (Å²) in [6, 6.07) is 18.9. The number of nitrogens with one attached hydrogen (secondary N) is 1. The number of amides is 1. The minimum Gasteiger partial charge on any atom is -0.382 e. The molecule has 0 saturated carbocycles. The predicted molar refractivity (Wildman–Crippen MR) is 87.2 cm³/mol. The van der Waals surface area contributed by atoms with Crippen LogP contribution in [0.3, 0.4) is 0 Å². The molecule has 4 heteroatoms. The molecule has 2 atom stereocenters. The summed E-state index contributed by atoms with van der Waals surface area (Å²) in [5.41, 5.74) is 8.07. The summed E-state index contributed by atoms with van der Waals surface area (Å²) in [5.74, 6) is -0.0812. The Morgan fingerprint density at radius 1 is 1.05 bits per heavy atom. The van der Waals surface area contributed by atoms with Gasteiger partial charge in [-0.05, 0) is 11.1 Å². The van der Waals surface area contributed by atoms with E-state index in [1.807, 2.05) is 60.7 Å². The zero-order chi connectivity index (χ0) is 15.8. The summed E-state index contributed by atoms with van der Waals surface area (Å²) in [5, 5.41) is 2.99. The highest BCUT2D eigenvalue weighted by atomic mass is 16.5. The van der Waals surface area contributed by atoms with Gasteiger partial charge in [-0.1, -0.05) is 60.7 Å².